The van der Waals surface area contributed by atoms with Crippen molar-refractivity contribution >= 4 is 13.3 Å². The van der Waals surface area contributed by atoms with Crippen molar-refractivity contribution in [2.75, 3.05) is 0 Å². The van der Waals surface area contributed by atoms with E-state index >= 15 is 0 Å². The zero-order chi connectivity index (χ0) is 10.9. The fourth-order valence-electron chi connectivity index (χ4n) is 1.56. The van der Waals surface area contributed by atoms with Gasteiger partial charge < -0.3 is 5.11 Å². The average Bonchev–Trinajstić information content (AvgIpc) is 2.17. The van der Waals surface area contributed by atoms with E-state index in [1.54, 1.807) is 6.07 Å². The van der Waals surface area contributed by atoms with Crippen LogP contribution in [0.2, 0.25) is 19.6 Å². The Morgan fingerprint density at radius 1 is 1.21 bits per heavy atom. The van der Waals surface area contributed by atoms with Crippen molar-refractivity contribution in [2.24, 2.45) is 0 Å². The summed E-state index contributed by atoms with van der Waals surface area (Å²) in [4.78, 5) is 11.3. The van der Waals surface area contributed by atoms with E-state index in [2.05, 4.69) is 19.6 Å². The first-order chi connectivity index (χ1) is 6.34. The second-order valence-electron chi connectivity index (χ2n) is 4.53. The Bertz CT molecular complexity index is 405. The van der Waals surface area contributed by atoms with E-state index in [4.69, 9.17) is 0 Å². The molecule has 0 aliphatic carbocycles. The van der Waals surface area contributed by atoms with Crippen LogP contribution in [0.5, 0.6) is 5.75 Å². The molecule has 0 aliphatic heterocycles. The molecule has 0 radical (unpaired) electrons. The molecule has 0 fully saturated rings. The van der Waals surface area contributed by atoms with Crippen molar-refractivity contribution in [1.29, 1.82) is 0 Å². The Morgan fingerprint density at radius 2 is 1.79 bits per heavy atom. The summed E-state index contributed by atoms with van der Waals surface area (Å²) in [6.07, 6.45) is 0. The Hall–Kier alpha value is -1.09. The Kier molecular flexibility index (Phi) is 2.80. The quantitative estimate of drug-likeness (QED) is 0.712. The van der Waals surface area contributed by atoms with E-state index in [9.17, 15) is 9.90 Å². The van der Waals surface area contributed by atoms with Crippen LogP contribution in [0.25, 0.3) is 0 Å². The van der Waals surface area contributed by atoms with Crippen LogP contribution in [0.15, 0.2) is 23.0 Å². The van der Waals surface area contributed by atoms with Gasteiger partial charge in [-0.25, -0.2) is 0 Å². The van der Waals surface area contributed by atoms with Crippen LogP contribution < -0.4 is 10.6 Å². The molecular formula is C11H16O2Si. The molecule has 14 heavy (non-hydrogen) atoms. The molecule has 0 saturated carbocycles. The molecule has 0 unspecified atom stereocenters. The van der Waals surface area contributed by atoms with Crippen LogP contribution in [0, 0.1) is 6.92 Å². The minimum absolute atomic E-state index is 0.104. The van der Waals surface area contributed by atoms with Gasteiger partial charge in [-0.2, -0.15) is 0 Å². The van der Waals surface area contributed by atoms with Gasteiger partial charge in [-0.15, -0.1) is 0 Å². The van der Waals surface area contributed by atoms with Gasteiger partial charge in [-0.1, -0.05) is 37.0 Å². The third-order valence-electron chi connectivity index (χ3n) is 2.31. The molecule has 1 aromatic carbocycles. The summed E-state index contributed by atoms with van der Waals surface area (Å²) in [5, 5.41) is 10.8. The standard InChI is InChI=1S/C11H16O2Si/c1-8-10(14(2,3)4)7-5-6-9(12)11(8)13/h5-7H,1-4H3,(H,12,13). The molecule has 1 N–H and O–H groups in total. The van der Waals surface area contributed by atoms with Crippen molar-refractivity contribution in [3.63, 3.8) is 0 Å². The second-order valence-corrected chi connectivity index (χ2v) is 9.57. The lowest BCUT2D eigenvalue weighted by Crippen LogP contribution is -2.38. The van der Waals surface area contributed by atoms with Crippen molar-refractivity contribution in [1.82, 2.24) is 0 Å². The monoisotopic (exact) mass is 208 g/mol. The number of rotatable bonds is 1. The summed E-state index contributed by atoms with van der Waals surface area (Å²) >= 11 is 0. The molecule has 0 bridgehead atoms. The highest BCUT2D eigenvalue weighted by Crippen LogP contribution is 2.11. The predicted molar refractivity (Wildman–Crippen MR) is 62.1 cm³/mol. The number of aromatic hydroxyl groups is 1. The highest BCUT2D eigenvalue weighted by atomic mass is 28.3. The minimum atomic E-state index is -1.48. The van der Waals surface area contributed by atoms with E-state index in [-0.39, 0.29) is 11.2 Å². The molecule has 0 saturated heterocycles. The van der Waals surface area contributed by atoms with E-state index in [0.29, 0.717) is 0 Å². The molecule has 2 nitrogen and oxygen atoms in total. The minimum Gasteiger partial charge on any atom is -0.504 e. The second kappa shape index (κ2) is 3.57. The summed E-state index contributed by atoms with van der Waals surface area (Å²) in [6.45, 7) is 8.39. The largest absolute Gasteiger partial charge is 0.504 e. The molecule has 76 valence electrons. The lowest BCUT2D eigenvalue weighted by atomic mass is 10.3. The van der Waals surface area contributed by atoms with Crippen LogP contribution in [-0.2, 0) is 0 Å². The zero-order valence-corrected chi connectivity index (χ0v) is 10.1. The van der Waals surface area contributed by atoms with Gasteiger partial charge in [0.2, 0.25) is 5.43 Å². The van der Waals surface area contributed by atoms with Crippen LogP contribution in [0.1, 0.15) is 5.56 Å². The maximum atomic E-state index is 11.3. The topological polar surface area (TPSA) is 37.3 Å². The summed E-state index contributed by atoms with van der Waals surface area (Å²) in [7, 11) is -1.48. The molecule has 3 heteroatoms. The lowest BCUT2D eigenvalue weighted by Gasteiger charge is -2.17. The Balaban J connectivity index is 3.59. The maximum absolute atomic E-state index is 11.3. The van der Waals surface area contributed by atoms with Crippen LogP contribution in [0.3, 0.4) is 0 Å². The molecule has 0 aromatic heterocycles. The predicted octanol–water partition coefficient (Wildman–Crippen LogP) is 1.61. The Labute approximate surface area is 85.2 Å². The molecule has 0 atom stereocenters. The normalized spacial score (nSPS) is 11.4. The highest BCUT2D eigenvalue weighted by molar-refractivity contribution is 6.89. The van der Waals surface area contributed by atoms with Gasteiger partial charge in [-0.3, -0.25) is 4.79 Å². The van der Waals surface area contributed by atoms with E-state index in [1.807, 2.05) is 13.0 Å². The summed E-state index contributed by atoms with van der Waals surface area (Å²) < 4.78 is 0. The fourth-order valence-corrected chi connectivity index (χ4v) is 3.40. The van der Waals surface area contributed by atoms with Crippen LogP contribution >= 0.6 is 0 Å². The summed E-state index contributed by atoms with van der Waals surface area (Å²) in [5.41, 5.74) is 0.436. The maximum Gasteiger partial charge on any atom is 0.220 e. The third-order valence-corrected chi connectivity index (χ3v) is 4.47. The summed E-state index contributed by atoms with van der Waals surface area (Å²) in [5.74, 6) is -0.104. The molecular weight excluding hydrogens is 192 g/mol. The first-order valence-electron chi connectivity index (χ1n) is 4.67. The van der Waals surface area contributed by atoms with Gasteiger partial charge in [0, 0.05) is 0 Å². The molecule has 1 rings (SSSR count). The van der Waals surface area contributed by atoms with Gasteiger partial charge in [0.15, 0.2) is 5.75 Å². The average molecular weight is 208 g/mol. The first kappa shape index (κ1) is 11.0. The molecule has 0 heterocycles. The summed E-state index contributed by atoms with van der Waals surface area (Å²) in [6, 6.07) is 5.08. The fraction of sp³-hybridized carbons (Fsp3) is 0.364. The van der Waals surface area contributed by atoms with E-state index in [1.165, 1.54) is 6.07 Å². The van der Waals surface area contributed by atoms with Crippen LogP contribution in [-0.4, -0.2) is 13.2 Å². The molecule has 0 amide bonds. The van der Waals surface area contributed by atoms with Gasteiger partial charge >= 0.3 is 0 Å². The molecule has 0 aliphatic rings. The van der Waals surface area contributed by atoms with Gasteiger partial charge in [0.1, 0.15) is 0 Å². The number of hydrogen-bond donors (Lipinski definition) is 1. The van der Waals surface area contributed by atoms with Crippen molar-refractivity contribution < 1.29 is 5.11 Å². The van der Waals surface area contributed by atoms with E-state index < -0.39 is 8.07 Å². The highest BCUT2D eigenvalue weighted by Gasteiger charge is 2.19. The van der Waals surface area contributed by atoms with E-state index in [0.717, 1.165) is 10.8 Å². The first-order valence-corrected chi connectivity index (χ1v) is 8.17. The van der Waals surface area contributed by atoms with Gasteiger partial charge in [0.25, 0.3) is 0 Å². The zero-order valence-electron chi connectivity index (χ0n) is 9.09. The van der Waals surface area contributed by atoms with Gasteiger partial charge in [-0.05, 0) is 18.6 Å². The smallest absolute Gasteiger partial charge is 0.220 e. The third kappa shape index (κ3) is 2.04. The van der Waals surface area contributed by atoms with Crippen molar-refractivity contribution in [3.8, 4) is 5.75 Å². The molecule has 1 aromatic rings. The number of hydrogen-bond acceptors (Lipinski definition) is 2. The SMILES string of the molecule is Cc1c([Si](C)(C)C)cccc(=O)c1O. The van der Waals surface area contributed by atoms with Crippen LogP contribution in [0.4, 0.5) is 0 Å². The Morgan fingerprint density at radius 3 is 2.29 bits per heavy atom. The lowest BCUT2D eigenvalue weighted by molar-refractivity contribution is 0.467. The van der Waals surface area contributed by atoms with Crippen molar-refractivity contribution in [2.45, 2.75) is 26.6 Å². The van der Waals surface area contributed by atoms with Crippen molar-refractivity contribution in [3.05, 3.63) is 34.0 Å². The molecule has 0 spiro atoms. The van der Waals surface area contributed by atoms with Gasteiger partial charge in [0.05, 0.1) is 8.07 Å².